The average molecular weight is 507 g/mol. The molecule has 2 aromatic rings. The topological polar surface area (TPSA) is 44.8 Å². The number of urea groups is 1. The van der Waals surface area contributed by atoms with Crippen molar-refractivity contribution in [1.82, 2.24) is 9.80 Å². The SMILES string of the molecule is O=C(Nc1cc(C(F)(F)F)cc(C(F)(F)F)c1)N(CCCN1CCOCC1)Cc1ccccc1F. The highest BCUT2D eigenvalue weighted by molar-refractivity contribution is 5.89. The number of hydrogen-bond donors (Lipinski definition) is 1. The molecule has 0 aliphatic carbocycles. The Kier molecular flexibility index (Phi) is 8.60. The average Bonchev–Trinajstić information content (AvgIpc) is 2.79. The van der Waals surface area contributed by atoms with E-state index in [0.717, 1.165) is 4.90 Å². The standard InChI is InChI=1S/C23H24F7N3O2/c24-20-5-2-1-4-16(20)15-33(7-3-6-32-8-10-35-11-9-32)21(34)31-19-13-17(22(25,26)27)12-18(14-19)23(28,29)30/h1-2,4-5,12-14H,3,6-11,15H2,(H,31,34). The molecule has 0 unspecified atom stereocenters. The Morgan fingerprint density at radius 3 is 2.14 bits per heavy atom. The number of halogens is 7. The van der Waals surface area contributed by atoms with Crippen LogP contribution < -0.4 is 5.32 Å². The van der Waals surface area contributed by atoms with Gasteiger partial charge in [0.25, 0.3) is 0 Å². The minimum absolute atomic E-state index is 0.0187. The predicted molar refractivity (Wildman–Crippen MR) is 114 cm³/mol. The van der Waals surface area contributed by atoms with Crippen LogP contribution in [0, 0.1) is 5.82 Å². The summed E-state index contributed by atoms with van der Waals surface area (Å²) in [5, 5.41) is 2.13. The minimum Gasteiger partial charge on any atom is -0.379 e. The van der Waals surface area contributed by atoms with E-state index in [2.05, 4.69) is 10.2 Å². The van der Waals surface area contributed by atoms with E-state index < -0.39 is 41.0 Å². The second kappa shape index (κ2) is 11.3. The van der Waals surface area contributed by atoms with Crippen LogP contribution in [0.2, 0.25) is 0 Å². The fourth-order valence-electron chi connectivity index (χ4n) is 3.62. The molecule has 0 saturated carbocycles. The zero-order valence-corrected chi connectivity index (χ0v) is 18.6. The Hall–Kier alpha value is -2.86. The van der Waals surface area contributed by atoms with Crippen molar-refractivity contribution in [2.45, 2.75) is 25.3 Å². The molecule has 2 amide bonds. The fourth-order valence-corrected chi connectivity index (χ4v) is 3.62. The normalized spacial score (nSPS) is 15.2. The van der Waals surface area contributed by atoms with E-state index in [9.17, 15) is 35.5 Å². The first-order valence-corrected chi connectivity index (χ1v) is 10.8. The van der Waals surface area contributed by atoms with Crippen LogP contribution in [0.1, 0.15) is 23.1 Å². The molecule has 35 heavy (non-hydrogen) atoms. The van der Waals surface area contributed by atoms with Crippen LogP contribution in [0.3, 0.4) is 0 Å². The van der Waals surface area contributed by atoms with Gasteiger partial charge in [-0.25, -0.2) is 9.18 Å². The van der Waals surface area contributed by atoms with Crippen LogP contribution >= 0.6 is 0 Å². The quantitative estimate of drug-likeness (QED) is 0.495. The summed E-state index contributed by atoms with van der Waals surface area (Å²) in [4.78, 5) is 16.2. The van der Waals surface area contributed by atoms with Crippen LogP contribution in [0.5, 0.6) is 0 Å². The van der Waals surface area contributed by atoms with Crippen LogP contribution in [0.25, 0.3) is 0 Å². The summed E-state index contributed by atoms with van der Waals surface area (Å²) < 4.78 is 98.4. The molecule has 2 aromatic carbocycles. The summed E-state index contributed by atoms with van der Waals surface area (Å²) in [6, 6.07) is 5.57. The number of amides is 2. The second-order valence-corrected chi connectivity index (χ2v) is 8.05. The molecule has 0 spiro atoms. The molecule has 1 N–H and O–H groups in total. The maximum absolute atomic E-state index is 14.2. The number of benzene rings is 2. The number of anilines is 1. The van der Waals surface area contributed by atoms with E-state index in [0.29, 0.717) is 51.4 Å². The van der Waals surface area contributed by atoms with Gasteiger partial charge in [0.1, 0.15) is 5.82 Å². The van der Waals surface area contributed by atoms with Gasteiger partial charge in [-0.1, -0.05) is 18.2 Å². The maximum atomic E-state index is 14.2. The molecule has 192 valence electrons. The lowest BCUT2D eigenvalue weighted by molar-refractivity contribution is -0.143. The smallest absolute Gasteiger partial charge is 0.379 e. The lowest BCUT2D eigenvalue weighted by Gasteiger charge is -2.28. The predicted octanol–water partition coefficient (Wildman–Crippen LogP) is 5.62. The Labute approximate surface area is 197 Å². The minimum atomic E-state index is -5.05. The number of rotatable bonds is 7. The van der Waals surface area contributed by atoms with Crippen molar-refractivity contribution < 1.29 is 40.3 Å². The molecule has 0 aromatic heterocycles. The maximum Gasteiger partial charge on any atom is 0.416 e. The molecule has 0 radical (unpaired) electrons. The van der Waals surface area contributed by atoms with Crippen molar-refractivity contribution in [1.29, 1.82) is 0 Å². The Morgan fingerprint density at radius 2 is 1.57 bits per heavy atom. The lowest BCUT2D eigenvalue weighted by atomic mass is 10.1. The third kappa shape index (κ3) is 7.82. The van der Waals surface area contributed by atoms with Crippen molar-refractivity contribution in [2.24, 2.45) is 0 Å². The third-order valence-electron chi connectivity index (χ3n) is 5.45. The van der Waals surface area contributed by atoms with Gasteiger partial charge in [0.15, 0.2) is 0 Å². The van der Waals surface area contributed by atoms with Gasteiger partial charge < -0.3 is 15.0 Å². The zero-order chi connectivity index (χ0) is 25.6. The summed E-state index contributed by atoms with van der Waals surface area (Å²) in [7, 11) is 0. The Morgan fingerprint density at radius 1 is 0.971 bits per heavy atom. The Bertz CT molecular complexity index is 973. The molecule has 12 heteroatoms. The molecule has 1 fully saturated rings. The molecule has 1 aliphatic heterocycles. The highest BCUT2D eigenvalue weighted by Crippen LogP contribution is 2.37. The number of carbonyl (C=O) groups excluding carboxylic acids is 1. The van der Waals surface area contributed by atoms with Gasteiger partial charge >= 0.3 is 18.4 Å². The van der Waals surface area contributed by atoms with Crippen molar-refractivity contribution in [3.05, 3.63) is 65.0 Å². The van der Waals surface area contributed by atoms with Gasteiger partial charge in [0.2, 0.25) is 0 Å². The van der Waals surface area contributed by atoms with Gasteiger partial charge in [-0.2, -0.15) is 26.3 Å². The molecular weight excluding hydrogens is 483 g/mol. The molecule has 1 aliphatic rings. The van der Waals surface area contributed by atoms with E-state index in [4.69, 9.17) is 4.74 Å². The summed E-state index contributed by atoms with van der Waals surface area (Å²) in [5.41, 5.74) is -3.59. The lowest BCUT2D eigenvalue weighted by Crippen LogP contribution is -2.40. The van der Waals surface area contributed by atoms with Crippen molar-refractivity contribution in [2.75, 3.05) is 44.7 Å². The van der Waals surface area contributed by atoms with Crippen LogP contribution in [-0.4, -0.2) is 55.2 Å². The number of hydrogen-bond acceptors (Lipinski definition) is 3. The number of morpholine rings is 1. The summed E-state index contributed by atoms with van der Waals surface area (Å²) in [6.45, 7) is 3.00. The van der Waals surface area contributed by atoms with Crippen molar-refractivity contribution >= 4 is 11.7 Å². The number of nitrogens with zero attached hydrogens (tertiary/aromatic N) is 2. The summed E-state index contributed by atoms with van der Waals surface area (Å²) >= 11 is 0. The van der Waals surface area contributed by atoms with Gasteiger partial charge in [0.05, 0.1) is 30.9 Å². The first kappa shape index (κ1) is 26.7. The molecule has 5 nitrogen and oxygen atoms in total. The molecule has 3 rings (SSSR count). The van der Waals surface area contributed by atoms with Crippen molar-refractivity contribution in [3.63, 3.8) is 0 Å². The molecule has 1 heterocycles. The van der Waals surface area contributed by atoms with E-state index in [-0.39, 0.29) is 24.7 Å². The number of carbonyl (C=O) groups is 1. The van der Waals surface area contributed by atoms with Gasteiger partial charge in [-0.3, -0.25) is 4.90 Å². The van der Waals surface area contributed by atoms with E-state index in [1.165, 1.54) is 18.2 Å². The number of alkyl halides is 6. The van der Waals surface area contributed by atoms with Crippen LogP contribution in [0.4, 0.5) is 41.2 Å². The molecular formula is C23H24F7N3O2. The first-order valence-electron chi connectivity index (χ1n) is 10.8. The summed E-state index contributed by atoms with van der Waals surface area (Å²) in [5.74, 6) is -0.586. The Balaban J connectivity index is 1.80. The highest BCUT2D eigenvalue weighted by atomic mass is 19.4. The third-order valence-corrected chi connectivity index (χ3v) is 5.45. The van der Waals surface area contributed by atoms with E-state index in [1.54, 1.807) is 6.07 Å². The largest absolute Gasteiger partial charge is 0.416 e. The molecule has 0 bridgehead atoms. The summed E-state index contributed by atoms with van der Waals surface area (Å²) in [6.07, 6.45) is -9.64. The molecule has 1 saturated heterocycles. The van der Waals surface area contributed by atoms with Gasteiger partial charge in [-0.05, 0) is 30.7 Å². The second-order valence-electron chi connectivity index (χ2n) is 8.05. The number of nitrogens with one attached hydrogen (secondary N) is 1. The van der Waals surface area contributed by atoms with E-state index in [1.807, 2.05) is 0 Å². The van der Waals surface area contributed by atoms with Crippen LogP contribution in [0.15, 0.2) is 42.5 Å². The zero-order valence-electron chi connectivity index (χ0n) is 18.6. The van der Waals surface area contributed by atoms with Crippen molar-refractivity contribution in [3.8, 4) is 0 Å². The molecule has 0 atom stereocenters. The fraction of sp³-hybridized carbons (Fsp3) is 0.435. The monoisotopic (exact) mass is 507 g/mol. The van der Waals surface area contributed by atoms with Gasteiger partial charge in [0, 0.05) is 37.4 Å². The van der Waals surface area contributed by atoms with Gasteiger partial charge in [-0.15, -0.1) is 0 Å². The van der Waals surface area contributed by atoms with Crippen LogP contribution in [-0.2, 0) is 23.6 Å². The first-order chi connectivity index (χ1) is 16.4. The van der Waals surface area contributed by atoms with E-state index >= 15 is 0 Å². The number of ether oxygens (including phenoxy) is 1. The highest BCUT2D eigenvalue weighted by Gasteiger charge is 2.37.